The number of hydrogen-bond donors (Lipinski definition) is 0. The van der Waals surface area contributed by atoms with Crippen LogP contribution in [0, 0.1) is 0 Å². The highest BCUT2D eigenvalue weighted by atomic mass is 32.1. The standard InChI is InChI=1S/C12H13NOS/c1-3-10(14)8(2)12-9-5-7-15-11(9)4-6-13-12/h4-8H,3H2,1-2H3. The number of pyridine rings is 1. The Hall–Kier alpha value is -1.22. The van der Waals surface area contributed by atoms with E-state index in [9.17, 15) is 4.79 Å². The number of fused-ring (bicyclic) bond motifs is 1. The number of Topliss-reactive ketones (excluding diaryl/α,β-unsaturated/α-hetero) is 1. The van der Waals surface area contributed by atoms with Gasteiger partial charge >= 0.3 is 0 Å². The minimum Gasteiger partial charge on any atom is -0.299 e. The van der Waals surface area contributed by atoms with Gasteiger partial charge in [0.25, 0.3) is 0 Å². The first-order chi connectivity index (χ1) is 7.24. The minimum absolute atomic E-state index is 0.0895. The second-order valence-corrected chi connectivity index (χ2v) is 4.52. The molecule has 15 heavy (non-hydrogen) atoms. The Morgan fingerprint density at radius 2 is 2.33 bits per heavy atom. The van der Waals surface area contributed by atoms with Gasteiger partial charge in [0, 0.05) is 22.7 Å². The molecule has 2 aromatic rings. The van der Waals surface area contributed by atoms with Gasteiger partial charge in [0.15, 0.2) is 0 Å². The molecule has 1 atom stereocenters. The summed E-state index contributed by atoms with van der Waals surface area (Å²) >= 11 is 1.69. The predicted octanol–water partition coefficient (Wildman–Crippen LogP) is 3.38. The topological polar surface area (TPSA) is 30.0 Å². The van der Waals surface area contributed by atoms with Crippen LogP contribution in [0.15, 0.2) is 23.7 Å². The zero-order valence-corrected chi connectivity index (χ0v) is 9.67. The van der Waals surface area contributed by atoms with Gasteiger partial charge in [0.2, 0.25) is 0 Å². The van der Waals surface area contributed by atoms with E-state index in [0.717, 1.165) is 11.1 Å². The zero-order valence-electron chi connectivity index (χ0n) is 8.86. The molecule has 0 aliphatic carbocycles. The molecule has 2 rings (SSSR count). The third-order valence-corrected chi connectivity index (χ3v) is 3.53. The molecule has 0 saturated heterocycles. The smallest absolute Gasteiger partial charge is 0.141 e. The number of nitrogens with zero attached hydrogens (tertiary/aromatic N) is 1. The van der Waals surface area contributed by atoms with Crippen molar-refractivity contribution in [3.63, 3.8) is 0 Å². The fourth-order valence-electron chi connectivity index (χ4n) is 1.72. The van der Waals surface area contributed by atoms with Crippen LogP contribution in [0.4, 0.5) is 0 Å². The summed E-state index contributed by atoms with van der Waals surface area (Å²) in [4.78, 5) is 16.0. The van der Waals surface area contributed by atoms with Crippen molar-refractivity contribution >= 4 is 27.2 Å². The van der Waals surface area contributed by atoms with Crippen LogP contribution in [0.5, 0.6) is 0 Å². The van der Waals surface area contributed by atoms with Crippen molar-refractivity contribution < 1.29 is 4.79 Å². The summed E-state index contributed by atoms with van der Waals surface area (Å²) < 4.78 is 1.20. The van der Waals surface area contributed by atoms with E-state index in [4.69, 9.17) is 0 Å². The summed E-state index contributed by atoms with van der Waals surface area (Å²) in [7, 11) is 0. The molecule has 2 nitrogen and oxygen atoms in total. The molecule has 0 aliphatic rings. The van der Waals surface area contributed by atoms with Crippen LogP contribution in [0.1, 0.15) is 31.9 Å². The van der Waals surface area contributed by atoms with Crippen molar-refractivity contribution in [2.75, 3.05) is 0 Å². The zero-order chi connectivity index (χ0) is 10.8. The van der Waals surface area contributed by atoms with E-state index < -0.39 is 0 Å². The molecule has 0 radical (unpaired) electrons. The molecular formula is C12H13NOS. The molecule has 3 heteroatoms. The van der Waals surface area contributed by atoms with Gasteiger partial charge in [-0.15, -0.1) is 11.3 Å². The van der Waals surface area contributed by atoms with Gasteiger partial charge in [-0.05, 0) is 24.4 Å². The maximum Gasteiger partial charge on any atom is 0.141 e. The second-order valence-electron chi connectivity index (χ2n) is 3.57. The predicted molar refractivity (Wildman–Crippen MR) is 63.3 cm³/mol. The Balaban J connectivity index is 2.51. The molecule has 0 fully saturated rings. The lowest BCUT2D eigenvalue weighted by Gasteiger charge is -2.09. The molecular weight excluding hydrogens is 206 g/mol. The van der Waals surface area contributed by atoms with E-state index in [2.05, 4.69) is 4.98 Å². The highest BCUT2D eigenvalue weighted by Crippen LogP contribution is 2.28. The van der Waals surface area contributed by atoms with E-state index in [-0.39, 0.29) is 11.7 Å². The van der Waals surface area contributed by atoms with Crippen molar-refractivity contribution in [2.45, 2.75) is 26.2 Å². The number of rotatable bonds is 3. The van der Waals surface area contributed by atoms with Crippen molar-refractivity contribution in [1.82, 2.24) is 4.98 Å². The second kappa shape index (κ2) is 4.11. The monoisotopic (exact) mass is 219 g/mol. The van der Waals surface area contributed by atoms with Crippen molar-refractivity contribution in [3.05, 3.63) is 29.4 Å². The van der Waals surface area contributed by atoms with Crippen molar-refractivity contribution in [2.24, 2.45) is 0 Å². The van der Waals surface area contributed by atoms with Crippen LogP contribution in [0.25, 0.3) is 10.1 Å². The number of aromatic nitrogens is 1. The summed E-state index contributed by atoms with van der Waals surface area (Å²) in [5.74, 6) is 0.162. The molecule has 0 spiro atoms. The molecule has 1 unspecified atom stereocenters. The van der Waals surface area contributed by atoms with Crippen LogP contribution < -0.4 is 0 Å². The number of thiophene rings is 1. The van der Waals surface area contributed by atoms with Crippen molar-refractivity contribution in [3.8, 4) is 0 Å². The SMILES string of the molecule is CCC(=O)C(C)c1nccc2sccc12. The van der Waals surface area contributed by atoms with Gasteiger partial charge < -0.3 is 0 Å². The number of hydrogen-bond acceptors (Lipinski definition) is 3. The molecule has 0 bridgehead atoms. The number of carbonyl (C=O) groups excluding carboxylic acids is 1. The van der Waals surface area contributed by atoms with Gasteiger partial charge in [-0.25, -0.2) is 0 Å². The third kappa shape index (κ3) is 1.79. The molecule has 0 aromatic carbocycles. The Labute approximate surface area is 93.0 Å². The Bertz CT molecular complexity index is 489. The molecule has 78 valence electrons. The molecule has 0 aliphatic heterocycles. The first kappa shape index (κ1) is 10.3. The Kier molecular flexibility index (Phi) is 2.82. The molecule has 0 N–H and O–H groups in total. The van der Waals surface area contributed by atoms with Gasteiger partial charge in [-0.1, -0.05) is 6.92 Å². The summed E-state index contributed by atoms with van der Waals surface area (Å²) in [6, 6.07) is 4.04. The van der Waals surface area contributed by atoms with E-state index in [1.807, 2.05) is 31.4 Å². The van der Waals surface area contributed by atoms with Crippen LogP contribution in [-0.4, -0.2) is 10.8 Å². The van der Waals surface area contributed by atoms with E-state index in [1.165, 1.54) is 4.70 Å². The number of ketones is 1. The maximum atomic E-state index is 11.6. The van der Waals surface area contributed by atoms with Crippen molar-refractivity contribution in [1.29, 1.82) is 0 Å². The maximum absolute atomic E-state index is 11.6. The quantitative estimate of drug-likeness (QED) is 0.792. The summed E-state index contributed by atoms with van der Waals surface area (Å²) in [5.41, 5.74) is 0.917. The molecule has 0 saturated carbocycles. The summed E-state index contributed by atoms with van der Waals surface area (Å²) in [5, 5.41) is 3.16. The Morgan fingerprint density at radius 3 is 3.07 bits per heavy atom. The van der Waals surface area contributed by atoms with E-state index in [1.54, 1.807) is 17.5 Å². The fourth-order valence-corrected chi connectivity index (χ4v) is 2.51. The molecule has 2 aromatic heterocycles. The lowest BCUT2D eigenvalue weighted by Crippen LogP contribution is -2.09. The van der Waals surface area contributed by atoms with Crippen LogP contribution in [-0.2, 0) is 4.79 Å². The molecule has 0 amide bonds. The lowest BCUT2D eigenvalue weighted by atomic mass is 9.98. The van der Waals surface area contributed by atoms with E-state index >= 15 is 0 Å². The van der Waals surface area contributed by atoms with Crippen LogP contribution in [0.3, 0.4) is 0 Å². The van der Waals surface area contributed by atoms with Gasteiger partial charge in [-0.2, -0.15) is 0 Å². The number of carbonyl (C=O) groups is 1. The summed E-state index contributed by atoms with van der Waals surface area (Å²) in [6.45, 7) is 3.83. The largest absolute Gasteiger partial charge is 0.299 e. The van der Waals surface area contributed by atoms with Crippen LogP contribution in [0.2, 0.25) is 0 Å². The van der Waals surface area contributed by atoms with Gasteiger partial charge in [0.1, 0.15) is 5.78 Å². The molecule has 2 heterocycles. The highest BCUT2D eigenvalue weighted by Gasteiger charge is 2.17. The first-order valence-electron chi connectivity index (χ1n) is 5.09. The van der Waals surface area contributed by atoms with Gasteiger partial charge in [-0.3, -0.25) is 9.78 Å². The average Bonchev–Trinajstić information content (AvgIpc) is 2.74. The normalized spacial score (nSPS) is 12.9. The summed E-state index contributed by atoms with van der Waals surface area (Å²) in [6.07, 6.45) is 2.36. The van der Waals surface area contributed by atoms with Gasteiger partial charge in [0.05, 0.1) is 11.6 Å². The lowest BCUT2D eigenvalue weighted by molar-refractivity contribution is -0.119. The first-order valence-corrected chi connectivity index (χ1v) is 5.96. The van der Waals surface area contributed by atoms with Crippen LogP contribution >= 0.6 is 11.3 Å². The highest BCUT2D eigenvalue weighted by molar-refractivity contribution is 7.17. The average molecular weight is 219 g/mol. The van der Waals surface area contributed by atoms with E-state index in [0.29, 0.717) is 6.42 Å². The third-order valence-electron chi connectivity index (χ3n) is 2.65. The minimum atomic E-state index is -0.0895. The fraction of sp³-hybridized carbons (Fsp3) is 0.333. The Morgan fingerprint density at radius 1 is 1.53 bits per heavy atom.